The number of imidazole rings is 1. The number of nitrogens with zero attached hydrogens (tertiary/aromatic N) is 2. The van der Waals surface area contributed by atoms with Gasteiger partial charge in [0.15, 0.2) is 0 Å². The van der Waals surface area contributed by atoms with E-state index in [-0.39, 0.29) is 5.91 Å². The van der Waals surface area contributed by atoms with Crippen LogP contribution in [0.15, 0.2) is 0 Å². The molecule has 1 aromatic rings. The predicted molar refractivity (Wildman–Crippen MR) is 74.9 cm³/mol. The van der Waals surface area contributed by atoms with Gasteiger partial charge in [0.25, 0.3) is 0 Å². The molecule has 0 bridgehead atoms. The summed E-state index contributed by atoms with van der Waals surface area (Å²) in [5.41, 5.74) is 2.50. The van der Waals surface area contributed by atoms with Gasteiger partial charge in [0.2, 0.25) is 5.91 Å². The van der Waals surface area contributed by atoms with Crippen molar-refractivity contribution in [2.24, 2.45) is 0 Å². The van der Waals surface area contributed by atoms with Crippen molar-refractivity contribution in [2.45, 2.75) is 52.6 Å². The Balaban J connectivity index is 2.12. The van der Waals surface area contributed by atoms with E-state index in [1.54, 1.807) is 0 Å². The number of hydrogen-bond donors (Lipinski definition) is 2. The van der Waals surface area contributed by atoms with E-state index in [1.807, 2.05) is 6.92 Å². The van der Waals surface area contributed by atoms with E-state index >= 15 is 0 Å². The van der Waals surface area contributed by atoms with Crippen LogP contribution < -0.4 is 10.6 Å². The summed E-state index contributed by atoms with van der Waals surface area (Å²) in [6, 6.07) is 0. The second-order valence-corrected chi connectivity index (χ2v) is 4.95. The first-order valence-corrected chi connectivity index (χ1v) is 7.30. The van der Waals surface area contributed by atoms with Gasteiger partial charge >= 0.3 is 0 Å². The quantitative estimate of drug-likeness (QED) is 0.806. The molecule has 0 spiro atoms. The van der Waals surface area contributed by atoms with Crippen molar-refractivity contribution >= 4 is 5.91 Å². The van der Waals surface area contributed by atoms with Crippen molar-refractivity contribution < 1.29 is 4.79 Å². The summed E-state index contributed by atoms with van der Waals surface area (Å²) in [6.07, 6.45) is 3.63. The summed E-state index contributed by atoms with van der Waals surface area (Å²) < 4.78 is 2.27. The molecule has 1 amide bonds. The molecule has 2 N–H and O–H groups in total. The molecule has 1 aromatic heterocycles. The van der Waals surface area contributed by atoms with Crippen LogP contribution in [0.3, 0.4) is 0 Å². The smallest absolute Gasteiger partial charge is 0.221 e. The Morgan fingerprint density at radius 1 is 1.47 bits per heavy atom. The Labute approximate surface area is 114 Å². The van der Waals surface area contributed by atoms with Crippen molar-refractivity contribution in [1.82, 2.24) is 20.2 Å². The molecule has 5 nitrogen and oxygen atoms in total. The van der Waals surface area contributed by atoms with Crippen molar-refractivity contribution in [3.8, 4) is 0 Å². The minimum atomic E-state index is 0.126. The zero-order valence-corrected chi connectivity index (χ0v) is 12.0. The molecule has 0 aliphatic carbocycles. The van der Waals surface area contributed by atoms with Crippen LogP contribution >= 0.6 is 0 Å². The second-order valence-electron chi connectivity index (χ2n) is 4.95. The molecule has 2 rings (SSSR count). The molecule has 1 aliphatic heterocycles. The minimum absolute atomic E-state index is 0.126. The Morgan fingerprint density at radius 2 is 2.32 bits per heavy atom. The molecule has 2 heterocycles. The molecule has 5 heteroatoms. The third kappa shape index (κ3) is 3.35. The number of nitrogens with one attached hydrogen (secondary N) is 2. The third-order valence-corrected chi connectivity index (χ3v) is 3.48. The molecular weight excluding hydrogens is 240 g/mol. The standard InChI is InChI=1S/C14H24N4O/c1-3-5-13-17-11-10-15-8-6-12(11)18(13)9-7-14(19)16-4-2/h15H,3-10H2,1-2H3,(H,16,19). The van der Waals surface area contributed by atoms with Crippen LogP contribution in [0.1, 0.15) is 43.9 Å². The lowest BCUT2D eigenvalue weighted by Gasteiger charge is -2.16. The maximum absolute atomic E-state index is 11.6. The van der Waals surface area contributed by atoms with Crippen LogP contribution in [0.25, 0.3) is 0 Å². The number of aromatic nitrogens is 2. The van der Waals surface area contributed by atoms with Gasteiger partial charge in [0.1, 0.15) is 5.82 Å². The molecule has 0 radical (unpaired) electrons. The van der Waals surface area contributed by atoms with Gasteiger partial charge in [0, 0.05) is 51.1 Å². The molecular formula is C14H24N4O. The minimum Gasteiger partial charge on any atom is -0.356 e. The average molecular weight is 264 g/mol. The summed E-state index contributed by atoms with van der Waals surface area (Å²) in [7, 11) is 0. The first-order valence-electron chi connectivity index (χ1n) is 7.30. The lowest BCUT2D eigenvalue weighted by Crippen LogP contribution is -2.27. The molecule has 0 fully saturated rings. The van der Waals surface area contributed by atoms with E-state index in [0.717, 1.165) is 44.7 Å². The fraction of sp³-hybridized carbons (Fsp3) is 0.714. The van der Waals surface area contributed by atoms with Gasteiger partial charge in [-0.25, -0.2) is 4.98 Å². The Hall–Kier alpha value is -1.36. The van der Waals surface area contributed by atoms with E-state index in [9.17, 15) is 4.79 Å². The summed E-state index contributed by atoms with van der Waals surface area (Å²) in [5, 5.41) is 6.21. The van der Waals surface area contributed by atoms with Gasteiger partial charge in [-0.05, 0) is 13.3 Å². The van der Waals surface area contributed by atoms with Crippen molar-refractivity contribution in [1.29, 1.82) is 0 Å². The van der Waals surface area contributed by atoms with E-state index in [1.165, 1.54) is 11.4 Å². The molecule has 0 saturated carbocycles. The zero-order chi connectivity index (χ0) is 13.7. The fourth-order valence-corrected chi connectivity index (χ4v) is 2.60. The number of fused-ring (bicyclic) bond motifs is 1. The number of aryl methyl sites for hydroxylation is 1. The molecule has 19 heavy (non-hydrogen) atoms. The summed E-state index contributed by atoms with van der Waals surface area (Å²) in [6.45, 7) is 7.44. The highest BCUT2D eigenvalue weighted by molar-refractivity contribution is 5.75. The lowest BCUT2D eigenvalue weighted by atomic mass is 10.2. The largest absolute Gasteiger partial charge is 0.356 e. The van der Waals surface area contributed by atoms with Crippen molar-refractivity contribution in [3.05, 3.63) is 17.2 Å². The number of carbonyl (C=O) groups is 1. The molecule has 0 aromatic carbocycles. The van der Waals surface area contributed by atoms with Gasteiger partial charge in [-0.1, -0.05) is 6.92 Å². The topological polar surface area (TPSA) is 59.0 Å². The summed E-state index contributed by atoms with van der Waals surface area (Å²) in [5.74, 6) is 1.27. The van der Waals surface area contributed by atoms with Gasteiger partial charge < -0.3 is 15.2 Å². The normalized spacial score (nSPS) is 14.2. The Kier molecular flexibility index (Phi) is 4.96. The van der Waals surface area contributed by atoms with Gasteiger partial charge in [0.05, 0.1) is 5.69 Å². The predicted octanol–water partition coefficient (Wildman–Crippen LogP) is 1.01. The van der Waals surface area contributed by atoms with E-state index in [0.29, 0.717) is 13.0 Å². The van der Waals surface area contributed by atoms with E-state index < -0.39 is 0 Å². The van der Waals surface area contributed by atoms with Gasteiger partial charge in [-0.15, -0.1) is 0 Å². The van der Waals surface area contributed by atoms with E-state index in [4.69, 9.17) is 4.98 Å². The number of hydrogen-bond acceptors (Lipinski definition) is 3. The monoisotopic (exact) mass is 264 g/mol. The Bertz CT molecular complexity index is 439. The third-order valence-electron chi connectivity index (χ3n) is 3.48. The molecule has 0 atom stereocenters. The number of carbonyl (C=O) groups excluding carboxylic acids is 1. The van der Waals surface area contributed by atoms with Crippen molar-refractivity contribution in [3.63, 3.8) is 0 Å². The molecule has 106 valence electrons. The molecule has 0 saturated heterocycles. The number of amides is 1. The van der Waals surface area contributed by atoms with Crippen LogP contribution in [0, 0.1) is 0 Å². The number of rotatable bonds is 6. The first kappa shape index (κ1) is 14.1. The highest BCUT2D eigenvalue weighted by Crippen LogP contribution is 2.17. The highest BCUT2D eigenvalue weighted by Gasteiger charge is 2.19. The van der Waals surface area contributed by atoms with Crippen LogP contribution in [0.5, 0.6) is 0 Å². The summed E-state index contributed by atoms with van der Waals surface area (Å²) in [4.78, 5) is 16.4. The average Bonchev–Trinajstić information content (AvgIpc) is 2.75. The highest BCUT2D eigenvalue weighted by atomic mass is 16.1. The maximum Gasteiger partial charge on any atom is 0.221 e. The Morgan fingerprint density at radius 3 is 3.05 bits per heavy atom. The van der Waals surface area contributed by atoms with Crippen molar-refractivity contribution in [2.75, 3.05) is 13.1 Å². The second kappa shape index (κ2) is 6.70. The first-order chi connectivity index (χ1) is 9.26. The van der Waals surface area contributed by atoms with E-state index in [2.05, 4.69) is 22.1 Å². The van der Waals surface area contributed by atoms with Gasteiger partial charge in [-0.3, -0.25) is 4.79 Å². The summed E-state index contributed by atoms with van der Waals surface area (Å²) >= 11 is 0. The zero-order valence-electron chi connectivity index (χ0n) is 12.0. The van der Waals surface area contributed by atoms with Crippen LogP contribution in [-0.4, -0.2) is 28.5 Å². The fourth-order valence-electron chi connectivity index (χ4n) is 2.60. The maximum atomic E-state index is 11.6. The van der Waals surface area contributed by atoms with Crippen LogP contribution in [-0.2, 0) is 30.7 Å². The van der Waals surface area contributed by atoms with Crippen LogP contribution in [0.4, 0.5) is 0 Å². The molecule has 1 aliphatic rings. The van der Waals surface area contributed by atoms with Gasteiger partial charge in [-0.2, -0.15) is 0 Å². The van der Waals surface area contributed by atoms with Crippen LogP contribution in [0.2, 0.25) is 0 Å². The SMILES string of the molecule is CCCc1nc2c(n1CCC(=O)NCC)CCNC2. The molecule has 0 unspecified atom stereocenters. The lowest BCUT2D eigenvalue weighted by molar-refractivity contribution is -0.121.